The molecule has 2 aromatic rings. The average Bonchev–Trinajstić information content (AvgIpc) is 2.58. The van der Waals surface area contributed by atoms with Crippen LogP contribution in [0.3, 0.4) is 0 Å². The van der Waals surface area contributed by atoms with Gasteiger partial charge >= 0.3 is 5.69 Å². The molecule has 0 radical (unpaired) electrons. The van der Waals surface area contributed by atoms with Crippen molar-refractivity contribution >= 4 is 5.82 Å². The summed E-state index contributed by atoms with van der Waals surface area (Å²) in [7, 11) is 0. The third-order valence-electron chi connectivity index (χ3n) is 3.91. The lowest BCUT2D eigenvalue weighted by atomic mass is 10.2. The van der Waals surface area contributed by atoms with Gasteiger partial charge in [-0.15, -0.1) is 0 Å². The van der Waals surface area contributed by atoms with Crippen LogP contribution in [0.4, 0.5) is 19.0 Å². The zero-order chi connectivity index (χ0) is 18.8. The lowest BCUT2D eigenvalue weighted by molar-refractivity contribution is -0.0327. The highest BCUT2D eigenvalue weighted by Crippen LogP contribution is 2.23. The molecule has 0 aliphatic carbocycles. The van der Waals surface area contributed by atoms with Gasteiger partial charge in [0.15, 0.2) is 23.7 Å². The Morgan fingerprint density at radius 1 is 1.15 bits per heavy atom. The first-order chi connectivity index (χ1) is 12.3. The number of aromatic nitrogens is 2. The standard InChI is InChI=1S/C16H16F3N3O4/c17-10-4-9(5-11(18)15(10)19)8-26-12-6-13-21(7-14(23)24)2-1-3-22(13)16(25)20-12/h4-6,14,23-24H,1-3,7-8H2. The van der Waals surface area contributed by atoms with E-state index in [1.807, 2.05) is 0 Å². The molecule has 0 saturated carbocycles. The van der Waals surface area contributed by atoms with E-state index in [2.05, 4.69) is 4.98 Å². The SMILES string of the molecule is O=c1nc(OCc2cc(F)c(F)c(F)c2)cc2n1CCCN2CC(O)O. The molecule has 0 unspecified atom stereocenters. The molecule has 1 aliphatic rings. The molecular weight excluding hydrogens is 355 g/mol. The van der Waals surface area contributed by atoms with Gasteiger partial charge < -0.3 is 19.8 Å². The molecule has 2 N–H and O–H groups in total. The van der Waals surface area contributed by atoms with Crippen LogP contribution in [0.15, 0.2) is 23.0 Å². The number of aliphatic hydroxyl groups excluding tert-OH is 1. The molecule has 0 bridgehead atoms. The quantitative estimate of drug-likeness (QED) is 0.596. The van der Waals surface area contributed by atoms with E-state index in [9.17, 15) is 28.2 Å². The third kappa shape index (κ3) is 3.81. The van der Waals surface area contributed by atoms with Gasteiger partial charge in [0.2, 0.25) is 5.88 Å². The molecule has 3 rings (SSSR count). The Morgan fingerprint density at radius 3 is 2.50 bits per heavy atom. The van der Waals surface area contributed by atoms with Crippen LogP contribution < -0.4 is 15.3 Å². The summed E-state index contributed by atoms with van der Waals surface area (Å²) >= 11 is 0. The van der Waals surface area contributed by atoms with Crippen LogP contribution in [0.5, 0.6) is 5.88 Å². The van der Waals surface area contributed by atoms with Crippen molar-refractivity contribution in [2.75, 3.05) is 18.0 Å². The predicted molar refractivity (Wildman–Crippen MR) is 84.2 cm³/mol. The zero-order valence-corrected chi connectivity index (χ0v) is 13.5. The van der Waals surface area contributed by atoms with Gasteiger partial charge in [-0.3, -0.25) is 4.57 Å². The molecule has 0 saturated heterocycles. The maximum absolute atomic E-state index is 13.2. The lowest BCUT2D eigenvalue weighted by Crippen LogP contribution is -2.42. The molecule has 0 fully saturated rings. The minimum Gasteiger partial charge on any atom is -0.473 e. The minimum absolute atomic E-state index is 0.0312. The number of ether oxygens (including phenoxy) is 1. The Kier molecular flexibility index (Phi) is 5.14. The molecule has 0 amide bonds. The van der Waals surface area contributed by atoms with Crippen molar-refractivity contribution in [2.24, 2.45) is 0 Å². The van der Waals surface area contributed by atoms with Crippen molar-refractivity contribution < 1.29 is 28.1 Å². The van der Waals surface area contributed by atoms with E-state index in [1.165, 1.54) is 10.6 Å². The smallest absolute Gasteiger partial charge is 0.352 e. The summed E-state index contributed by atoms with van der Waals surface area (Å²) in [5.41, 5.74) is -0.560. The van der Waals surface area contributed by atoms with E-state index < -0.39 is 29.4 Å². The highest BCUT2D eigenvalue weighted by atomic mass is 19.2. The second-order valence-corrected chi connectivity index (χ2v) is 5.83. The molecule has 1 aromatic carbocycles. The van der Waals surface area contributed by atoms with Crippen molar-refractivity contribution in [1.82, 2.24) is 9.55 Å². The zero-order valence-electron chi connectivity index (χ0n) is 13.5. The number of aliphatic hydroxyl groups is 2. The predicted octanol–water partition coefficient (Wildman–Crippen LogP) is 0.760. The molecule has 0 spiro atoms. The summed E-state index contributed by atoms with van der Waals surface area (Å²) in [5.74, 6) is -3.95. The normalized spacial score (nSPS) is 13.8. The molecule has 1 aliphatic heterocycles. The van der Waals surface area contributed by atoms with Gasteiger partial charge in [-0.25, -0.2) is 18.0 Å². The molecule has 140 valence electrons. The number of β-amino-alcohol motifs (C(OH)–C–C–N with tert-alkyl or cyclic N) is 2. The highest BCUT2D eigenvalue weighted by molar-refractivity contribution is 5.43. The van der Waals surface area contributed by atoms with Gasteiger partial charge in [-0.05, 0) is 24.1 Å². The first-order valence-corrected chi connectivity index (χ1v) is 7.84. The van der Waals surface area contributed by atoms with Crippen LogP contribution in [0.25, 0.3) is 0 Å². The maximum atomic E-state index is 13.2. The summed E-state index contributed by atoms with van der Waals surface area (Å²) in [6.45, 7) is 0.507. The Bertz CT molecular complexity index is 849. The molecule has 2 heterocycles. The van der Waals surface area contributed by atoms with E-state index in [0.717, 1.165) is 12.1 Å². The van der Waals surface area contributed by atoms with E-state index >= 15 is 0 Å². The Hall–Kier alpha value is -2.59. The van der Waals surface area contributed by atoms with Gasteiger partial charge in [-0.1, -0.05) is 0 Å². The molecule has 0 atom stereocenters. The molecule has 26 heavy (non-hydrogen) atoms. The summed E-state index contributed by atoms with van der Waals surface area (Å²) < 4.78 is 46.1. The van der Waals surface area contributed by atoms with Crippen LogP contribution in [0.2, 0.25) is 0 Å². The van der Waals surface area contributed by atoms with Crippen LogP contribution >= 0.6 is 0 Å². The van der Waals surface area contributed by atoms with Gasteiger partial charge in [0.1, 0.15) is 12.4 Å². The van der Waals surface area contributed by atoms with Gasteiger partial charge in [0.25, 0.3) is 0 Å². The van der Waals surface area contributed by atoms with Crippen LogP contribution in [0.1, 0.15) is 12.0 Å². The van der Waals surface area contributed by atoms with Crippen molar-refractivity contribution in [1.29, 1.82) is 0 Å². The van der Waals surface area contributed by atoms with Crippen molar-refractivity contribution in [3.63, 3.8) is 0 Å². The second kappa shape index (κ2) is 7.34. The highest BCUT2D eigenvalue weighted by Gasteiger charge is 2.21. The third-order valence-corrected chi connectivity index (χ3v) is 3.91. The Morgan fingerprint density at radius 2 is 1.85 bits per heavy atom. The maximum Gasteiger partial charge on any atom is 0.352 e. The number of nitrogens with zero attached hydrogens (tertiary/aromatic N) is 3. The van der Waals surface area contributed by atoms with E-state index in [0.29, 0.717) is 25.3 Å². The number of hydrogen-bond acceptors (Lipinski definition) is 6. The van der Waals surface area contributed by atoms with Crippen LogP contribution in [0, 0.1) is 17.5 Å². The fourth-order valence-corrected chi connectivity index (χ4v) is 2.78. The lowest BCUT2D eigenvalue weighted by Gasteiger charge is -2.32. The molecule has 7 nitrogen and oxygen atoms in total. The van der Waals surface area contributed by atoms with Gasteiger partial charge in [0.05, 0.1) is 6.54 Å². The Balaban J connectivity index is 1.83. The number of benzene rings is 1. The number of hydrogen-bond donors (Lipinski definition) is 2. The Labute approximate surface area is 145 Å². The minimum atomic E-state index is -1.58. The topological polar surface area (TPSA) is 87.8 Å². The fraction of sp³-hybridized carbons (Fsp3) is 0.375. The fourth-order valence-electron chi connectivity index (χ4n) is 2.78. The largest absolute Gasteiger partial charge is 0.473 e. The number of anilines is 1. The van der Waals surface area contributed by atoms with Crippen molar-refractivity contribution in [2.45, 2.75) is 25.9 Å². The van der Waals surface area contributed by atoms with Gasteiger partial charge in [-0.2, -0.15) is 4.98 Å². The first-order valence-electron chi connectivity index (χ1n) is 7.84. The number of halogens is 3. The molecule has 10 heteroatoms. The van der Waals surface area contributed by atoms with E-state index in [1.54, 1.807) is 4.90 Å². The van der Waals surface area contributed by atoms with Crippen LogP contribution in [-0.2, 0) is 13.2 Å². The average molecular weight is 371 g/mol. The second-order valence-electron chi connectivity index (χ2n) is 5.83. The first kappa shape index (κ1) is 18.2. The molecular formula is C16H16F3N3O4. The number of fused-ring (bicyclic) bond motifs is 1. The summed E-state index contributed by atoms with van der Waals surface area (Å²) in [6.07, 6.45) is -0.949. The summed E-state index contributed by atoms with van der Waals surface area (Å²) in [5, 5.41) is 18.3. The number of rotatable bonds is 5. The molecule has 1 aromatic heterocycles. The van der Waals surface area contributed by atoms with Crippen molar-refractivity contribution in [3.8, 4) is 5.88 Å². The summed E-state index contributed by atoms with van der Waals surface area (Å²) in [4.78, 5) is 17.5. The van der Waals surface area contributed by atoms with E-state index in [-0.39, 0.29) is 24.6 Å². The van der Waals surface area contributed by atoms with Crippen LogP contribution in [-0.4, -0.2) is 39.1 Å². The monoisotopic (exact) mass is 371 g/mol. The summed E-state index contributed by atoms with van der Waals surface area (Å²) in [6, 6.07) is 3.01. The van der Waals surface area contributed by atoms with E-state index in [4.69, 9.17) is 4.74 Å². The van der Waals surface area contributed by atoms with Crippen molar-refractivity contribution in [3.05, 3.63) is 51.7 Å². The van der Waals surface area contributed by atoms with Gasteiger partial charge in [0, 0.05) is 19.2 Å².